The van der Waals surface area contributed by atoms with Crippen LogP contribution in [0, 0.1) is 11.3 Å². The van der Waals surface area contributed by atoms with Crippen molar-refractivity contribution in [1.29, 1.82) is 0 Å². The molecule has 2 rings (SSSR count). The molecule has 0 radical (unpaired) electrons. The monoisotopic (exact) mass is 166 g/mol. The molecule has 1 heteroatoms. The van der Waals surface area contributed by atoms with Crippen molar-refractivity contribution < 1.29 is 5.11 Å². The van der Waals surface area contributed by atoms with Gasteiger partial charge in [-0.1, -0.05) is 12.2 Å². The van der Waals surface area contributed by atoms with Gasteiger partial charge in [-0.25, -0.2) is 0 Å². The maximum atomic E-state index is 9.25. The molecule has 0 spiro atoms. The Morgan fingerprint density at radius 2 is 1.92 bits per heavy atom. The highest BCUT2D eigenvalue weighted by Crippen LogP contribution is 2.56. The van der Waals surface area contributed by atoms with Crippen LogP contribution in [0.25, 0.3) is 0 Å². The lowest BCUT2D eigenvalue weighted by molar-refractivity contribution is 0.136. The quantitative estimate of drug-likeness (QED) is 0.625. The highest BCUT2D eigenvalue weighted by molar-refractivity contribution is 5.05. The predicted octanol–water partition coefficient (Wildman–Crippen LogP) is 2.51. The van der Waals surface area contributed by atoms with Crippen molar-refractivity contribution in [2.45, 2.75) is 38.5 Å². The fraction of sp³-hybridized carbons (Fsp3) is 0.818. The first-order valence-corrected chi connectivity index (χ1v) is 5.04. The molecule has 2 aliphatic carbocycles. The van der Waals surface area contributed by atoms with Crippen molar-refractivity contribution in [3.63, 3.8) is 0 Å². The third-order valence-corrected chi connectivity index (χ3v) is 3.77. The largest absolute Gasteiger partial charge is 0.396 e. The Balaban J connectivity index is 1.93. The Labute approximate surface area is 74.5 Å². The Bertz CT molecular complexity index is 181. The predicted molar refractivity (Wildman–Crippen MR) is 49.9 cm³/mol. The number of allylic oxidation sites excluding steroid dienone is 1. The smallest absolute Gasteiger partial charge is 0.0490 e. The van der Waals surface area contributed by atoms with Gasteiger partial charge in [0.15, 0.2) is 0 Å². The standard InChI is InChI=1S/C11H18O/c1-9-2-4-10(5-3-9)11(8-12)6-7-11/h10,12H,1-8H2. The molecule has 2 fully saturated rings. The summed E-state index contributed by atoms with van der Waals surface area (Å²) in [4.78, 5) is 0. The number of rotatable bonds is 2. The number of hydrogen-bond donors (Lipinski definition) is 1. The third-order valence-electron chi connectivity index (χ3n) is 3.77. The summed E-state index contributed by atoms with van der Waals surface area (Å²) in [6.45, 7) is 4.44. The summed E-state index contributed by atoms with van der Waals surface area (Å²) in [6.07, 6.45) is 7.49. The summed E-state index contributed by atoms with van der Waals surface area (Å²) in [6, 6.07) is 0. The minimum Gasteiger partial charge on any atom is -0.396 e. The molecule has 0 heterocycles. The van der Waals surface area contributed by atoms with Gasteiger partial charge in [0, 0.05) is 6.61 Å². The van der Waals surface area contributed by atoms with Crippen LogP contribution in [0.1, 0.15) is 38.5 Å². The highest BCUT2D eigenvalue weighted by atomic mass is 16.3. The zero-order valence-corrected chi connectivity index (χ0v) is 7.68. The van der Waals surface area contributed by atoms with Crippen LogP contribution >= 0.6 is 0 Å². The van der Waals surface area contributed by atoms with Crippen molar-refractivity contribution in [2.24, 2.45) is 11.3 Å². The lowest BCUT2D eigenvalue weighted by Crippen LogP contribution is -2.22. The van der Waals surface area contributed by atoms with Crippen molar-refractivity contribution >= 4 is 0 Å². The van der Waals surface area contributed by atoms with E-state index < -0.39 is 0 Å². The Morgan fingerprint density at radius 3 is 2.33 bits per heavy atom. The number of aliphatic hydroxyl groups excluding tert-OH is 1. The fourth-order valence-corrected chi connectivity index (χ4v) is 2.49. The van der Waals surface area contributed by atoms with Gasteiger partial charge >= 0.3 is 0 Å². The first-order chi connectivity index (χ1) is 5.77. The van der Waals surface area contributed by atoms with E-state index in [4.69, 9.17) is 0 Å². The highest BCUT2D eigenvalue weighted by Gasteiger charge is 2.48. The van der Waals surface area contributed by atoms with Gasteiger partial charge in [-0.2, -0.15) is 0 Å². The van der Waals surface area contributed by atoms with Gasteiger partial charge in [-0.3, -0.25) is 0 Å². The molecule has 0 aromatic rings. The van der Waals surface area contributed by atoms with E-state index in [1.165, 1.54) is 44.1 Å². The molecule has 0 unspecified atom stereocenters. The normalized spacial score (nSPS) is 28.9. The molecular formula is C11H18O. The zero-order valence-electron chi connectivity index (χ0n) is 7.68. The van der Waals surface area contributed by atoms with E-state index in [-0.39, 0.29) is 0 Å². The second-order valence-corrected chi connectivity index (χ2v) is 4.54. The van der Waals surface area contributed by atoms with Gasteiger partial charge in [0.25, 0.3) is 0 Å². The molecule has 12 heavy (non-hydrogen) atoms. The summed E-state index contributed by atoms with van der Waals surface area (Å²) >= 11 is 0. The molecule has 0 aromatic heterocycles. The fourth-order valence-electron chi connectivity index (χ4n) is 2.49. The average Bonchev–Trinajstić information content (AvgIpc) is 2.86. The van der Waals surface area contributed by atoms with Crippen molar-refractivity contribution in [1.82, 2.24) is 0 Å². The van der Waals surface area contributed by atoms with Crippen LogP contribution < -0.4 is 0 Å². The van der Waals surface area contributed by atoms with Crippen molar-refractivity contribution in [3.8, 4) is 0 Å². The summed E-state index contributed by atoms with van der Waals surface area (Å²) in [5.74, 6) is 0.799. The van der Waals surface area contributed by atoms with E-state index in [0.717, 1.165) is 5.92 Å². The lowest BCUT2D eigenvalue weighted by Gasteiger charge is -2.29. The van der Waals surface area contributed by atoms with Gasteiger partial charge in [0.05, 0.1) is 0 Å². The van der Waals surface area contributed by atoms with Crippen LogP contribution in [-0.2, 0) is 0 Å². The zero-order chi connectivity index (χ0) is 8.60. The maximum absolute atomic E-state index is 9.25. The van der Waals surface area contributed by atoms with Gasteiger partial charge in [0.2, 0.25) is 0 Å². The summed E-state index contributed by atoms with van der Waals surface area (Å²) < 4.78 is 0. The van der Waals surface area contributed by atoms with E-state index in [9.17, 15) is 5.11 Å². The van der Waals surface area contributed by atoms with E-state index in [2.05, 4.69) is 6.58 Å². The molecule has 0 atom stereocenters. The van der Waals surface area contributed by atoms with Gasteiger partial charge in [-0.05, 0) is 49.9 Å². The molecular weight excluding hydrogens is 148 g/mol. The first kappa shape index (κ1) is 8.31. The summed E-state index contributed by atoms with van der Waals surface area (Å²) in [5.41, 5.74) is 1.78. The molecule has 68 valence electrons. The molecule has 0 aliphatic heterocycles. The minimum atomic E-state index is 0.362. The Morgan fingerprint density at radius 1 is 1.33 bits per heavy atom. The van der Waals surface area contributed by atoms with Gasteiger partial charge < -0.3 is 5.11 Å². The minimum absolute atomic E-state index is 0.362. The van der Waals surface area contributed by atoms with Crippen LogP contribution in [0.5, 0.6) is 0 Å². The molecule has 1 N–H and O–H groups in total. The SMILES string of the molecule is C=C1CCC(C2(CO)CC2)CC1. The molecule has 2 aliphatic rings. The van der Waals surface area contributed by atoms with Crippen molar-refractivity contribution in [2.75, 3.05) is 6.61 Å². The molecule has 0 amide bonds. The molecule has 0 bridgehead atoms. The van der Waals surface area contributed by atoms with Gasteiger partial charge in [0.1, 0.15) is 0 Å². The summed E-state index contributed by atoms with van der Waals surface area (Å²) in [7, 11) is 0. The molecule has 2 saturated carbocycles. The van der Waals surface area contributed by atoms with E-state index in [1.54, 1.807) is 0 Å². The van der Waals surface area contributed by atoms with Crippen LogP contribution in [0.15, 0.2) is 12.2 Å². The Hall–Kier alpha value is -0.300. The van der Waals surface area contributed by atoms with Gasteiger partial charge in [-0.15, -0.1) is 0 Å². The second-order valence-electron chi connectivity index (χ2n) is 4.54. The van der Waals surface area contributed by atoms with Crippen LogP contribution in [0.2, 0.25) is 0 Å². The molecule has 1 nitrogen and oxygen atoms in total. The van der Waals surface area contributed by atoms with E-state index in [1.807, 2.05) is 0 Å². The van der Waals surface area contributed by atoms with Crippen LogP contribution in [-0.4, -0.2) is 11.7 Å². The van der Waals surface area contributed by atoms with Crippen LogP contribution in [0.4, 0.5) is 0 Å². The van der Waals surface area contributed by atoms with E-state index >= 15 is 0 Å². The van der Waals surface area contributed by atoms with E-state index in [0.29, 0.717) is 12.0 Å². The summed E-state index contributed by atoms with van der Waals surface area (Å²) in [5, 5.41) is 9.25. The van der Waals surface area contributed by atoms with Crippen molar-refractivity contribution in [3.05, 3.63) is 12.2 Å². The second kappa shape index (κ2) is 2.88. The lowest BCUT2D eigenvalue weighted by atomic mass is 9.77. The maximum Gasteiger partial charge on any atom is 0.0490 e. The Kier molecular flexibility index (Phi) is 1.99. The average molecular weight is 166 g/mol. The number of hydrogen-bond acceptors (Lipinski definition) is 1. The topological polar surface area (TPSA) is 20.2 Å². The third kappa shape index (κ3) is 1.31. The van der Waals surface area contributed by atoms with Crippen LogP contribution in [0.3, 0.4) is 0 Å². The molecule has 0 saturated heterocycles. The first-order valence-electron chi connectivity index (χ1n) is 5.04. The number of aliphatic hydroxyl groups is 1. The molecule has 0 aromatic carbocycles.